The lowest BCUT2D eigenvalue weighted by atomic mass is 9.79. The summed E-state index contributed by atoms with van der Waals surface area (Å²) in [5.74, 6) is -0.117. The molecule has 0 saturated carbocycles. The lowest BCUT2D eigenvalue weighted by Gasteiger charge is -2.46. The van der Waals surface area contributed by atoms with Crippen LogP contribution in [-0.2, 0) is 27.1 Å². The molecule has 0 bridgehead atoms. The van der Waals surface area contributed by atoms with Gasteiger partial charge in [0, 0.05) is 23.2 Å². The molecule has 1 heterocycles. The SMILES string of the molecule is COC(=O)c1c(SC)cc(-c2ccc(OC)cc2)c2c1CCC1(C2)OCC(C)(C)CO1. The van der Waals surface area contributed by atoms with Crippen molar-refractivity contribution in [3.8, 4) is 16.9 Å². The third kappa shape index (κ3) is 4.21. The fraction of sp³-hybridized carbons (Fsp3) is 0.480. The van der Waals surface area contributed by atoms with Gasteiger partial charge in [0.25, 0.3) is 0 Å². The molecule has 0 atom stereocenters. The number of esters is 1. The van der Waals surface area contributed by atoms with Crippen LogP contribution < -0.4 is 4.74 Å². The molecule has 0 radical (unpaired) electrons. The largest absolute Gasteiger partial charge is 0.497 e. The topological polar surface area (TPSA) is 54.0 Å². The van der Waals surface area contributed by atoms with E-state index in [4.69, 9.17) is 18.9 Å². The molecule has 2 aliphatic rings. The minimum absolute atomic E-state index is 0.00419. The third-order valence-electron chi connectivity index (χ3n) is 6.18. The Balaban J connectivity index is 1.85. The van der Waals surface area contributed by atoms with Gasteiger partial charge < -0.3 is 18.9 Å². The Kier molecular flexibility index (Phi) is 6.08. The van der Waals surface area contributed by atoms with Crippen molar-refractivity contribution in [2.24, 2.45) is 5.41 Å². The van der Waals surface area contributed by atoms with Crippen molar-refractivity contribution in [3.63, 3.8) is 0 Å². The molecule has 1 fully saturated rings. The molecule has 0 amide bonds. The molecule has 1 spiro atoms. The standard InChI is InChI=1S/C25H30O5S/c1-24(2)14-29-25(30-15-24)11-10-18-20(13-25)19(16-6-8-17(27-3)9-7-16)12-21(31-5)22(18)23(26)28-4/h6-9,12H,10-11,13-15H2,1-5H3. The molecular formula is C25H30O5S. The maximum absolute atomic E-state index is 12.7. The van der Waals surface area contributed by atoms with Crippen LogP contribution in [0.15, 0.2) is 35.2 Å². The Morgan fingerprint density at radius 3 is 2.32 bits per heavy atom. The summed E-state index contributed by atoms with van der Waals surface area (Å²) in [6, 6.07) is 10.1. The summed E-state index contributed by atoms with van der Waals surface area (Å²) >= 11 is 1.57. The van der Waals surface area contributed by atoms with E-state index in [9.17, 15) is 4.79 Å². The average Bonchev–Trinajstić information content (AvgIpc) is 2.79. The first-order chi connectivity index (χ1) is 14.8. The highest BCUT2D eigenvalue weighted by Gasteiger charge is 2.44. The van der Waals surface area contributed by atoms with Gasteiger partial charge in [-0.25, -0.2) is 4.79 Å². The van der Waals surface area contributed by atoms with Crippen LogP contribution in [0, 0.1) is 5.41 Å². The zero-order valence-electron chi connectivity index (χ0n) is 18.9. The zero-order chi connectivity index (χ0) is 22.2. The lowest BCUT2D eigenvalue weighted by molar-refractivity contribution is -0.302. The van der Waals surface area contributed by atoms with Gasteiger partial charge in [0.15, 0.2) is 5.79 Å². The first kappa shape index (κ1) is 22.2. The van der Waals surface area contributed by atoms with Gasteiger partial charge >= 0.3 is 5.97 Å². The quantitative estimate of drug-likeness (QED) is 0.483. The predicted molar refractivity (Wildman–Crippen MR) is 122 cm³/mol. The van der Waals surface area contributed by atoms with E-state index in [2.05, 4.69) is 32.0 Å². The van der Waals surface area contributed by atoms with Gasteiger partial charge in [-0.3, -0.25) is 0 Å². The number of hydrogen-bond acceptors (Lipinski definition) is 6. The molecule has 0 N–H and O–H groups in total. The smallest absolute Gasteiger partial charge is 0.339 e. The second-order valence-electron chi connectivity index (χ2n) is 9.01. The normalized spacial score (nSPS) is 19.0. The van der Waals surface area contributed by atoms with E-state index in [0.717, 1.165) is 39.3 Å². The van der Waals surface area contributed by atoms with Gasteiger partial charge in [-0.05, 0) is 53.1 Å². The van der Waals surface area contributed by atoms with Crippen molar-refractivity contribution >= 4 is 17.7 Å². The third-order valence-corrected chi connectivity index (χ3v) is 6.94. The van der Waals surface area contributed by atoms with Crippen LogP contribution in [0.2, 0.25) is 0 Å². The number of rotatable bonds is 4. The van der Waals surface area contributed by atoms with E-state index >= 15 is 0 Å². The summed E-state index contributed by atoms with van der Waals surface area (Å²) in [4.78, 5) is 13.7. The Morgan fingerprint density at radius 1 is 1.06 bits per heavy atom. The monoisotopic (exact) mass is 442 g/mol. The second kappa shape index (κ2) is 8.49. The number of hydrogen-bond donors (Lipinski definition) is 0. The lowest BCUT2D eigenvalue weighted by Crippen LogP contribution is -2.50. The van der Waals surface area contributed by atoms with Crippen LogP contribution in [-0.4, -0.2) is 45.4 Å². The Labute approximate surface area is 188 Å². The minimum atomic E-state index is -0.641. The van der Waals surface area contributed by atoms with Crippen LogP contribution in [0.25, 0.3) is 11.1 Å². The first-order valence-electron chi connectivity index (χ1n) is 10.5. The van der Waals surface area contributed by atoms with E-state index in [-0.39, 0.29) is 11.4 Å². The van der Waals surface area contributed by atoms with Crippen molar-refractivity contribution < 1.29 is 23.7 Å². The van der Waals surface area contributed by atoms with Crippen molar-refractivity contribution in [1.82, 2.24) is 0 Å². The Morgan fingerprint density at radius 2 is 1.74 bits per heavy atom. The molecule has 1 saturated heterocycles. The molecular weight excluding hydrogens is 412 g/mol. The highest BCUT2D eigenvalue weighted by molar-refractivity contribution is 7.98. The second-order valence-corrected chi connectivity index (χ2v) is 9.86. The fourth-order valence-electron chi connectivity index (χ4n) is 4.40. The summed E-state index contributed by atoms with van der Waals surface area (Å²) in [5.41, 5.74) is 5.02. The van der Waals surface area contributed by atoms with Gasteiger partial charge in [-0.1, -0.05) is 26.0 Å². The van der Waals surface area contributed by atoms with Crippen LogP contribution >= 0.6 is 11.8 Å². The number of thioether (sulfide) groups is 1. The van der Waals surface area contributed by atoms with Gasteiger partial charge in [0.2, 0.25) is 0 Å². The predicted octanol–water partition coefficient (Wildman–Crippen LogP) is 5.13. The summed E-state index contributed by atoms with van der Waals surface area (Å²) in [6.45, 7) is 5.62. The summed E-state index contributed by atoms with van der Waals surface area (Å²) < 4.78 is 23.1. The summed E-state index contributed by atoms with van der Waals surface area (Å²) in [5, 5.41) is 0. The number of methoxy groups -OCH3 is 2. The number of ether oxygens (including phenoxy) is 4. The number of carbonyl (C=O) groups excluding carboxylic acids is 1. The molecule has 0 unspecified atom stereocenters. The van der Waals surface area contributed by atoms with Crippen molar-refractivity contribution in [2.45, 2.75) is 43.8 Å². The van der Waals surface area contributed by atoms with E-state index in [1.807, 2.05) is 18.4 Å². The van der Waals surface area contributed by atoms with Gasteiger partial charge in [0.05, 0.1) is 33.0 Å². The highest BCUT2D eigenvalue weighted by Crippen LogP contribution is 2.45. The summed E-state index contributed by atoms with van der Waals surface area (Å²) in [7, 11) is 3.10. The molecule has 31 heavy (non-hydrogen) atoms. The van der Waals surface area contributed by atoms with Crippen LogP contribution in [0.1, 0.15) is 41.8 Å². The molecule has 0 aromatic heterocycles. The van der Waals surface area contributed by atoms with E-state index in [0.29, 0.717) is 31.6 Å². The van der Waals surface area contributed by atoms with Crippen LogP contribution in [0.5, 0.6) is 5.75 Å². The summed E-state index contributed by atoms with van der Waals surface area (Å²) in [6.07, 6.45) is 4.03. The average molecular weight is 443 g/mol. The molecule has 2 aromatic rings. The molecule has 2 aromatic carbocycles. The highest BCUT2D eigenvalue weighted by atomic mass is 32.2. The molecule has 1 aliphatic heterocycles. The first-order valence-corrected chi connectivity index (χ1v) is 11.8. The van der Waals surface area contributed by atoms with Crippen molar-refractivity contribution in [2.75, 3.05) is 33.7 Å². The number of fused-ring (bicyclic) bond motifs is 1. The van der Waals surface area contributed by atoms with E-state index in [1.165, 1.54) is 7.11 Å². The maximum atomic E-state index is 12.7. The van der Waals surface area contributed by atoms with Gasteiger partial charge in [-0.2, -0.15) is 0 Å². The van der Waals surface area contributed by atoms with E-state index in [1.54, 1.807) is 18.9 Å². The number of benzene rings is 2. The van der Waals surface area contributed by atoms with Crippen LogP contribution in [0.3, 0.4) is 0 Å². The van der Waals surface area contributed by atoms with Crippen molar-refractivity contribution in [3.05, 3.63) is 47.0 Å². The van der Waals surface area contributed by atoms with Crippen molar-refractivity contribution in [1.29, 1.82) is 0 Å². The van der Waals surface area contributed by atoms with Crippen LogP contribution in [0.4, 0.5) is 0 Å². The molecule has 5 nitrogen and oxygen atoms in total. The molecule has 166 valence electrons. The zero-order valence-corrected chi connectivity index (χ0v) is 19.7. The Hall–Kier alpha value is -2.02. The van der Waals surface area contributed by atoms with Gasteiger partial charge in [-0.15, -0.1) is 11.8 Å². The van der Waals surface area contributed by atoms with Gasteiger partial charge in [0.1, 0.15) is 5.75 Å². The Bertz CT molecular complexity index is 970. The van der Waals surface area contributed by atoms with E-state index < -0.39 is 5.79 Å². The minimum Gasteiger partial charge on any atom is -0.497 e. The fourth-order valence-corrected chi connectivity index (χ4v) is 5.05. The number of carbonyl (C=O) groups is 1. The molecule has 4 rings (SSSR count). The molecule has 6 heteroatoms. The maximum Gasteiger partial charge on any atom is 0.339 e. The molecule has 1 aliphatic carbocycles.